The highest BCUT2D eigenvalue weighted by atomic mass is 32.1. The third-order valence-corrected chi connectivity index (χ3v) is 5.26. The summed E-state index contributed by atoms with van der Waals surface area (Å²) in [5.74, 6) is 0.771. The van der Waals surface area contributed by atoms with Crippen molar-refractivity contribution < 1.29 is 0 Å². The van der Waals surface area contributed by atoms with Crippen LogP contribution in [0.3, 0.4) is 0 Å². The molecular weight excluding hydrogens is 310 g/mol. The molecule has 5 heteroatoms. The highest BCUT2D eigenvalue weighted by Gasteiger charge is 2.19. The Kier molecular flexibility index (Phi) is 4.74. The number of thiocarbonyl (C=S) groups is 1. The zero-order chi connectivity index (χ0) is 15.5. The molecule has 0 aliphatic heterocycles. The molecule has 2 N–H and O–H groups in total. The number of aryl methyl sites for hydroxylation is 2. The van der Waals surface area contributed by atoms with Crippen molar-refractivity contribution in [3.8, 4) is 0 Å². The summed E-state index contributed by atoms with van der Waals surface area (Å²) >= 11 is 7.11. The topological polar surface area (TPSA) is 37.0 Å². The first-order chi connectivity index (χ1) is 10.6. The number of nitrogens with zero attached hydrogens (tertiary/aromatic N) is 1. The third-order valence-electron chi connectivity index (χ3n) is 3.98. The molecule has 1 aliphatic carbocycles. The van der Waals surface area contributed by atoms with Crippen molar-refractivity contribution in [2.45, 2.75) is 39.7 Å². The summed E-state index contributed by atoms with van der Waals surface area (Å²) in [4.78, 5) is 6.09. The van der Waals surface area contributed by atoms with E-state index < -0.39 is 0 Å². The van der Waals surface area contributed by atoms with Crippen LogP contribution < -0.4 is 10.6 Å². The lowest BCUT2D eigenvalue weighted by Gasteiger charge is -2.15. The molecule has 0 amide bonds. The van der Waals surface area contributed by atoms with Crippen LogP contribution >= 0.6 is 23.6 Å². The molecule has 3 nitrogen and oxygen atoms in total. The second-order valence-corrected chi connectivity index (χ2v) is 7.52. The van der Waals surface area contributed by atoms with Gasteiger partial charge in [-0.2, -0.15) is 0 Å². The van der Waals surface area contributed by atoms with E-state index >= 15 is 0 Å². The number of hydrogen-bond donors (Lipinski definition) is 2. The lowest BCUT2D eigenvalue weighted by molar-refractivity contribution is 0.502. The molecule has 1 atom stereocenters. The Morgan fingerprint density at radius 3 is 2.91 bits per heavy atom. The van der Waals surface area contributed by atoms with Gasteiger partial charge in [-0.15, -0.1) is 11.3 Å². The molecule has 0 bridgehead atoms. The molecule has 1 heterocycles. The molecule has 0 radical (unpaired) electrons. The van der Waals surface area contributed by atoms with Crippen molar-refractivity contribution in [1.29, 1.82) is 0 Å². The fraction of sp³-hybridized carbons (Fsp3) is 0.412. The fourth-order valence-corrected chi connectivity index (χ4v) is 4.03. The lowest BCUT2D eigenvalue weighted by atomic mass is 9.93. The summed E-state index contributed by atoms with van der Waals surface area (Å²) in [6.07, 6.45) is 3.49. The van der Waals surface area contributed by atoms with E-state index in [1.54, 1.807) is 11.3 Å². The minimum absolute atomic E-state index is 0.639. The first-order valence-corrected chi connectivity index (χ1v) is 8.91. The Balaban J connectivity index is 1.54. The van der Waals surface area contributed by atoms with E-state index in [4.69, 9.17) is 12.2 Å². The van der Waals surface area contributed by atoms with Crippen molar-refractivity contribution >= 4 is 33.8 Å². The summed E-state index contributed by atoms with van der Waals surface area (Å²) in [5, 5.41) is 8.02. The van der Waals surface area contributed by atoms with Gasteiger partial charge in [0, 0.05) is 11.4 Å². The van der Waals surface area contributed by atoms with E-state index in [0.29, 0.717) is 5.11 Å². The molecule has 1 aliphatic rings. The van der Waals surface area contributed by atoms with Gasteiger partial charge in [0.1, 0.15) is 0 Å². The van der Waals surface area contributed by atoms with Crippen molar-refractivity contribution in [2.24, 2.45) is 5.92 Å². The van der Waals surface area contributed by atoms with Gasteiger partial charge in [-0.05, 0) is 49.9 Å². The fourth-order valence-electron chi connectivity index (χ4n) is 2.62. The van der Waals surface area contributed by atoms with Gasteiger partial charge in [0.15, 0.2) is 10.2 Å². The van der Waals surface area contributed by atoms with Crippen LogP contribution in [0.15, 0.2) is 24.3 Å². The summed E-state index contributed by atoms with van der Waals surface area (Å²) in [6, 6.07) is 8.47. The van der Waals surface area contributed by atoms with E-state index in [9.17, 15) is 0 Å². The molecule has 116 valence electrons. The normalized spacial score (nSPS) is 16.9. The molecule has 1 aromatic heterocycles. The maximum Gasteiger partial charge on any atom is 0.189 e. The van der Waals surface area contributed by atoms with E-state index in [0.717, 1.165) is 30.4 Å². The second-order valence-electron chi connectivity index (χ2n) is 6.03. The molecule has 1 unspecified atom stereocenters. The summed E-state index contributed by atoms with van der Waals surface area (Å²) in [6.45, 7) is 5.13. The van der Waals surface area contributed by atoms with Crippen LogP contribution in [0.1, 0.15) is 35.0 Å². The molecular formula is C17H21N3S2. The Morgan fingerprint density at radius 2 is 2.14 bits per heavy atom. The molecule has 0 fully saturated rings. The summed E-state index contributed by atoms with van der Waals surface area (Å²) in [5.41, 5.74) is 3.75. The number of anilines is 1. The van der Waals surface area contributed by atoms with Gasteiger partial charge in [-0.1, -0.05) is 36.8 Å². The zero-order valence-corrected chi connectivity index (χ0v) is 14.6. The monoisotopic (exact) mass is 331 g/mol. The van der Waals surface area contributed by atoms with Gasteiger partial charge in [-0.3, -0.25) is 0 Å². The van der Waals surface area contributed by atoms with Crippen LogP contribution in [0.2, 0.25) is 0 Å². The number of hydrogen-bond acceptors (Lipinski definition) is 3. The summed E-state index contributed by atoms with van der Waals surface area (Å²) in [7, 11) is 0. The third kappa shape index (κ3) is 3.84. The highest BCUT2D eigenvalue weighted by molar-refractivity contribution is 7.80. The Labute approximate surface area is 141 Å². The molecule has 2 aromatic rings. The minimum atomic E-state index is 0.639. The number of thiazole rings is 1. The van der Waals surface area contributed by atoms with Gasteiger partial charge in [-0.25, -0.2) is 4.98 Å². The molecule has 0 saturated heterocycles. The number of benzene rings is 1. The first kappa shape index (κ1) is 15.4. The van der Waals surface area contributed by atoms with Crippen molar-refractivity contribution in [1.82, 2.24) is 10.3 Å². The number of rotatable bonds is 3. The van der Waals surface area contributed by atoms with Crippen LogP contribution in [0.4, 0.5) is 5.13 Å². The van der Waals surface area contributed by atoms with Gasteiger partial charge < -0.3 is 10.6 Å². The Bertz CT molecular complexity index is 661. The van der Waals surface area contributed by atoms with Gasteiger partial charge in [0.05, 0.1) is 5.69 Å². The molecule has 1 aromatic carbocycles. The molecule has 3 rings (SSSR count). The zero-order valence-electron chi connectivity index (χ0n) is 13.0. The predicted octanol–water partition coefficient (Wildman–Crippen LogP) is 4.06. The van der Waals surface area contributed by atoms with Gasteiger partial charge in [0.25, 0.3) is 0 Å². The maximum absolute atomic E-state index is 5.37. The number of aromatic nitrogens is 1. The molecule has 0 spiro atoms. The molecule has 22 heavy (non-hydrogen) atoms. The van der Waals surface area contributed by atoms with Crippen LogP contribution in [0.25, 0.3) is 0 Å². The van der Waals surface area contributed by atoms with Gasteiger partial charge in [0.2, 0.25) is 0 Å². The smallest absolute Gasteiger partial charge is 0.189 e. The predicted molar refractivity (Wildman–Crippen MR) is 97.5 cm³/mol. The first-order valence-electron chi connectivity index (χ1n) is 7.69. The van der Waals surface area contributed by atoms with E-state index in [-0.39, 0.29) is 0 Å². The number of fused-ring (bicyclic) bond motifs is 1. The SMILES string of the molecule is Cc1ccc(CNC(=S)Nc2nc3c(s2)CC(C)CC3)cc1. The van der Waals surface area contributed by atoms with Crippen molar-refractivity contribution in [2.75, 3.05) is 5.32 Å². The Hall–Kier alpha value is -1.46. The average molecular weight is 332 g/mol. The largest absolute Gasteiger partial charge is 0.358 e. The lowest BCUT2D eigenvalue weighted by Crippen LogP contribution is -2.27. The summed E-state index contributed by atoms with van der Waals surface area (Å²) < 4.78 is 0. The maximum atomic E-state index is 5.37. The quantitative estimate of drug-likeness (QED) is 0.832. The van der Waals surface area contributed by atoms with Crippen molar-refractivity contribution in [3.63, 3.8) is 0 Å². The second kappa shape index (κ2) is 6.75. The van der Waals surface area contributed by atoms with Crippen LogP contribution in [0, 0.1) is 12.8 Å². The number of nitrogens with one attached hydrogen (secondary N) is 2. The standard InChI is InChI=1S/C17H21N3S2/c1-11-3-6-13(7-4-11)10-18-16(21)20-17-19-14-8-5-12(2)9-15(14)22-17/h3-4,6-7,12H,5,8-10H2,1-2H3,(H2,18,19,20,21). The average Bonchev–Trinajstić information content (AvgIpc) is 2.88. The van der Waals surface area contributed by atoms with Crippen LogP contribution in [-0.2, 0) is 19.4 Å². The highest BCUT2D eigenvalue weighted by Crippen LogP contribution is 2.31. The van der Waals surface area contributed by atoms with E-state index in [1.165, 1.54) is 28.1 Å². The Morgan fingerprint density at radius 1 is 1.36 bits per heavy atom. The van der Waals surface area contributed by atoms with Crippen LogP contribution in [0.5, 0.6) is 0 Å². The van der Waals surface area contributed by atoms with E-state index in [1.807, 2.05) is 0 Å². The van der Waals surface area contributed by atoms with Gasteiger partial charge >= 0.3 is 0 Å². The van der Waals surface area contributed by atoms with E-state index in [2.05, 4.69) is 53.7 Å². The minimum Gasteiger partial charge on any atom is -0.358 e. The molecule has 0 saturated carbocycles. The van der Waals surface area contributed by atoms with Crippen molar-refractivity contribution in [3.05, 3.63) is 46.0 Å². The van der Waals surface area contributed by atoms with Crippen LogP contribution in [-0.4, -0.2) is 10.1 Å².